The van der Waals surface area contributed by atoms with Crippen LogP contribution in [0.2, 0.25) is 0 Å². The molecule has 0 bridgehead atoms. The molecule has 3 aromatic carbocycles. The van der Waals surface area contributed by atoms with Crippen LogP contribution in [0, 0.1) is 20.8 Å². The van der Waals surface area contributed by atoms with Gasteiger partial charge in [0.25, 0.3) is 5.91 Å². The molecule has 1 atom stereocenters. The number of nitrogens with zero attached hydrogens (tertiary/aromatic N) is 2. The van der Waals surface area contributed by atoms with E-state index in [9.17, 15) is 9.59 Å². The summed E-state index contributed by atoms with van der Waals surface area (Å²) in [6, 6.07) is 22.4. The Bertz CT molecular complexity index is 1060. The molecule has 146 valence electrons. The number of rotatable bonds is 3. The molecule has 1 aliphatic rings. The minimum Gasteiger partial charge on any atom is -0.301 e. The molecular formula is C25H24N2O2. The van der Waals surface area contributed by atoms with Crippen molar-refractivity contribution in [3.05, 3.63) is 95.1 Å². The van der Waals surface area contributed by atoms with Crippen molar-refractivity contribution >= 4 is 23.2 Å². The molecule has 0 unspecified atom stereocenters. The van der Waals surface area contributed by atoms with Crippen molar-refractivity contribution < 1.29 is 9.59 Å². The zero-order valence-corrected chi connectivity index (χ0v) is 16.9. The molecule has 0 spiro atoms. The molecule has 0 aromatic heterocycles. The lowest BCUT2D eigenvalue weighted by molar-refractivity contribution is -0.128. The molecule has 1 aliphatic heterocycles. The van der Waals surface area contributed by atoms with Gasteiger partial charge in [-0.05, 0) is 55.7 Å². The molecule has 0 saturated carbocycles. The Morgan fingerprint density at radius 3 is 2.17 bits per heavy atom. The van der Waals surface area contributed by atoms with E-state index in [1.807, 2.05) is 93.6 Å². The van der Waals surface area contributed by atoms with Gasteiger partial charge in [0.15, 0.2) is 0 Å². The lowest BCUT2D eigenvalue weighted by Crippen LogP contribution is -2.56. The Kier molecular flexibility index (Phi) is 4.93. The molecule has 2 amide bonds. The van der Waals surface area contributed by atoms with Gasteiger partial charge in [0.1, 0.15) is 12.6 Å². The van der Waals surface area contributed by atoms with Gasteiger partial charge in [0.2, 0.25) is 5.91 Å². The first-order valence-corrected chi connectivity index (χ1v) is 9.78. The first-order chi connectivity index (χ1) is 14.0. The van der Waals surface area contributed by atoms with Crippen molar-refractivity contribution in [2.45, 2.75) is 26.8 Å². The second-order valence-electron chi connectivity index (χ2n) is 7.56. The van der Waals surface area contributed by atoms with Gasteiger partial charge < -0.3 is 4.90 Å². The molecule has 0 aliphatic carbocycles. The molecule has 0 N–H and O–H groups in total. The molecule has 1 heterocycles. The first kappa shape index (κ1) is 18.9. The summed E-state index contributed by atoms with van der Waals surface area (Å²) in [5.41, 5.74) is 5.56. The van der Waals surface area contributed by atoms with E-state index in [2.05, 4.69) is 0 Å². The summed E-state index contributed by atoms with van der Waals surface area (Å²) in [4.78, 5) is 30.3. The number of hydrogen-bond donors (Lipinski definition) is 0. The van der Waals surface area contributed by atoms with Gasteiger partial charge >= 0.3 is 0 Å². The Labute approximate surface area is 171 Å². The van der Waals surface area contributed by atoms with Crippen molar-refractivity contribution in [1.82, 2.24) is 0 Å². The number of aryl methyl sites for hydroxylation is 2. The Balaban J connectivity index is 1.84. The minimum absolute atomic E-state index is 0.0264. The van der Waals surface area contributed by atoms with Crippen LogP contribution in [-0.2, 0) is 9.59 Å². The maximum absolute atomic E-state index is 13.7. The van der Waals surface area contributed by atoms with Gasteiger partial charge in [-0.2, -0.15) is 0 Å². The van der Waals surface area contributed by atoms with Crippen LogP contribution in [-0.4, -0.2) is 18.4 Å². The first-order valence-electron chi connectivity index (χ1n) is 9.78. The molecule has 4 rings (SSSR count). The highest BCUT2D eigenvalue weighted by molar-refractivity contribution is 6.14. The summed E-state index contributed by atoms with van der Waals surface area (Å²) in [6.45, 7) is 6.04. The van der Waals surface area contributed by atoms with E-state index in [0.717, 1.165) is 33.6 Å². The van der Waals surface area contributed by atoms with Crippen LogP contribution in [0.25, 0.3) is 0 Å². The molecule has 0 radical (unpaired) electrons. The third-order valence-electron chi connectivity index (χ3n) is 5.62. The van der Waals surface area contributed by atoms with Crippen LogP contribution in [0.5, 0.6) is 0 Å². The average molecular weight is 384 g/mol. The van der Waals surface area contributed by atoms with Crippen molar-refractivity contribution in [3.8, 4) is 0 Å². The van der Waals surface area contributed by atoms with Crippen LogP contribution in [0.1, 0.15) is 28.3 Å². The fourth-order valence-corrected chi connectivity index (χ4v) is 3.83. The van der Waals surface area contributed by atoms with Gasteiger partial charge in [0.05, 0.1) is 0 Å². The van der Waals surface area contributed by atoms with Gasteiger partial charge in [-0.3, -0.25) is 14.5 Å². The summed E-state index contributed by atoms with van der Waals surface area (Å²) >= 11 is 0. The van der Waals surface area contributed by atoms with Crippen molar-refractivity contribution in [2.24, 2.45) is 0 Å². The summed E-state index contributed by atoms with van der Waals surface area (Å²) in [5.74, 6) is -0.187. The van der Waals surface area contributed by atoms with Gasteiger partial charge in [-0.15, -0.1) is 0 Å². The maximum Gasteiger partial charge on any atom is 0.255 e. The quantitative estimate of drug-likeness (QED) is 0.655. The molecule has 1 fully saturated rings. The largest absolute Gasteiger partial charge is 0.301 e. The predicted octanol–water partition coefficient (Wildman–Crippen LogP) is 4.73. The SMILES string of the molecule is Cc1ccc(N2CC(=O)N(c3cccc(C)c3C)[C@H](c3ccccc3)C2=O)cc1. The highest BCUT2D eigenvalue weighted by Gasteiger charge is 2.42. The zero-order chi connectivity index (χ0) is 20.5. The smallest absolute Gasteiger partial charge is 0.255 e. The van der Waals surface area contributed by atoms with Crippen LogP contribution in [0.3, 0.4) is 0 Å². The van der Waals surface area contributed by atoms with Gasteiger partial charge in [-0.25, -0.2) is 0 Å². The lowest BCUT2D eigenvalue weighted by Gasteiger charge is -2.41. The number of anilines is 2. The van der Waals surface area contributed by atoms with Crippen LogP contribution < -0.4 is 9.80 Å². The zero-order valence-electron chi connectivity index (χ0n) is 16.9. The second kappa shape index (κ2) is 7.55. The fraction of sp³-hybridized carbons (Fsp3) is 0.200. The molecular weight excluding hydrogens is 360 g/mol. The summed E-state index contributed by atoms with van der Waals surface area (Å²) in [7, 11) is 0. The Morgan fingerprint density at radius 1 is 0.793 bits per heavy atom. The number of piperazine rings is 1. The highest BCUT2D eigenvalue weighted by atomic mass is 16.2. The maximum atomic E-state index is 13.7. The Morgan fingerprint density at radius 2 is 1.48 bits per heavy atom. The summed E-state index contributed by atoms with van der Waals surface area (Å²) in [5, 5.41) is 0. The van der Waals surface area contributed by atoms with Crippen LogP contribution in [0.15, 0.2) is 72.8 Å². The van der Waals surface area contributed by atoms with Crippen LogP contribution in [0.4, 0.5) is 11.4 Å². The van der Waals surface area contributed by atoms with Gasteiger partial charge in [0, 0.05) is 11.4 Å². The highest BCUT2D eigenvalue weighted by Crippen LogP contribution is 2.36. The third kappa shape index (κ3) is 3.42. The summed E-state index contributed by atoms with van der Waals surface area (Å²) in [6.07, 6.45) is 0. The van der Waals surface area contributed by atoms with Crippen molar-refractivity contribution in [3.63, 3.8) is 0 Å². The van der Waals surface area contributed by atoms with E-state index in [0.29, 0.717) is 0 Å². The number of carbonyl (C=O) groups is 2. The normalized spacial score (nSPS) is 17.0. The van der Waals surface area contributed by atoms with Crippen molar-refractivity contribution in [2.75, 3.05) is 16.3 Å². The van der Waals surface area contributed by atoms with E-state index in [4.69, 9.17) is 0 Å². The number of hydrogen-bond acceptors (Lipinski definition) is 2. The van der Waals surface area contributed by atoms with E-state index in [1.54, 1.807) is 9.80 Å². The third-order valence-corrected chi connectivity index (χ3v) is 5.62. The number of amides is 2. The van der Waals surface area contributed by atoms with Crippen LogP contribution >= 0.6 is 0 Å². The minimum atomic E-state index is -0.695. The molecule has 4 heteroatoms. The fourth-order valence-electron chi connectivity index (χ4n) is 3.83. The number of benzene rings is 3. The monoisotopic (exact) mass is 384 g/mol. The second-order valence-corrected chi connectivity index (χ2v) is 7.56. The van der Waals surface area contributed by atoms with Gasteiger partial charge in [-0.1, -0.05) is 60.2 Å². The standard InChI is InChI=1S/C25H24N2O2/c1-17-12-14-21(15-13-17)26-16-23(28)27(22-11-7-8-18(2)19(22)3)24(25(26)29)20-9-5-4-6-10-20/h4-15,24H,16H2,1-3H3/t24-/m1/s1. The molecule has 1 saturated heterocycles. The summed E-state index contributed by atoms with van der Waals surface area (Å²) < 4.78 is 0. The van der Waals surface area contributed by atoms with E-state index in [1.165, 1.54) is 0 Å². The van der Waals surface area contributed by atoms with E-state index >= 15 is 0 Å². The molecule has 29 heavy (non-hydrogen) atoms. The lowest BCUT2D eigenvalue weighted by atomic mass is 9.97. The van der Waals surface area contributed by atoms with E-state index < -0.39 is 6.04 Å². The predicted molar refractivity (Wildman–Crippen MR) is 116 cm³/mol. The van der Waals surface area contributed by atoms with E-state index in [-0.39, 0.29) is 18.4 Å². The molecule has 3 aromatic rings. The molecule has 4 nitrogen and oxygen atoms in total. The number of carbonyl (C=O) groups excluding carboxylic acids is 2. The topological polar surface area (TPSA) is 40.6 Å². The Hall–Kier alpha value is -3.40. The average Bonchev–Trinajstić information content (AvgIpc) is 2.73. The van der Waals surface area contributed by atoms with Crippen molar-refractivity contribution in [1.29, 1.82) is 0 Å².